The van der Waals surface area contributed by atoms with Gasteiger partial charge in [-0.3, -0.25) is 9.63 Å². The van der Waals surface area contributed by atoms with Crippen molar-refractivity contribution in [1.82, 2.24) is 5.48 Å². The molecule has 0 saturated heterocycles. The van der Waals surface area contributed by atoms with E-state index in [1.807, 2.05) is 6.92 Å². The zero-order valence-electron chi connectivity index (χ0n) is 8.60. The first-order chi connectivity index (χ1) is 6.78. The fraction of sp³-hybridized carbons (Fsp3) is 0.875. The molecule has 3 N–H and O–H groups in total. The van der Waals surface area contributed by atoms with E-state index < -0.39 is 24.7 Å². The Kier molecular flexibility index (Phi) is 5.59. The SMILES string of the molecule is CCC(C)[C@H](N)C(=O)NOCC(F)(F)F. The van der Waals surface area contributed by atoms with Crippen molar-refractivity contribution in [2.45, 2.75) is 32.5 Å². The Morgan fingerprint density at radius 3 is 2.47 bits per heavy atom. The molecule has 4 nitrogen and oxygen atoms in total. The minimum Gasteiger partial charge on any atom is -0.320 e. The highest BCUT2D eigenvalue weighted by Crippen LogP contribution is 2.13. The molecule has 2 atom stereocenters. The maximum atomic E-state index is 11.6. The molecule has 0 aromatic heterocycles. The molecule has 0 radical (unpaired) electrons. The third-order valence-electron chi connectivity index (χ3n) is 1.97. The number of hydroxylamine groups is 1. The van der Waals surface area contributed by atoms with Crippen molar-refractivity contribution in [2.75, 3.05) is 6.61 Å². The summed E-state index contributed by atoms with van der Waals surface area (Å²) in [5.41, 5.74) is 7.12. The number of nitrogens with one attached hydrogen (secondary N) is 1. The monoisotopic (exact) mass is 228 g/mol. The van der Waals surface area contributed by atoms with E-state index in [1.54, 1.807) is 12.4 Å². The van der Waals surface area contributed by atoms with Gasteiger partial charge in [0.1, 0.15) is 0 Å². The van der Waals surface area contributed by atoms with Crippen molar-refractivity contribution in [2.24, 2.45) is 11.7 Å². The molecule has 15 heavy (non-hydrogen) atoms. The van der Waals surface area contributed by atoms with Gasteiger partial charge in [-0.1, -0.05) is 20.3 Å². The van der Waals surface area contributed by atoms with Crippen LogP contribution in [-0.2, 0) is 9.63 Å². The Labute approximate surface area is 85.9 Å². The van der Waals surface area contributed by atoms with Crippen molar-refractivity contribution in [3.63, 3.8) is 0 Å². The predicted octanol–water partition coefficient (Wildman–Crippen LogP) is 0.970. The lowest BCUT2D eigenvalue weighted by molar-refractivity contribution is -0.192. The number of rotatable bonds is 5. The topological polar surface area (TPSA) is 64.4 Å². The lowest BCUT2D eigenvalue weighted by atomic mass is 10.00. The fourth-order valence-corrected chi connectivity index (χ4v) is 0.769. The predicted molar refractivity (Wildman–Crippen MR) is 47.6 cm³/mol. The van der Waals surface area contributed by atoms with Gasteiger partial charge in [-0.15, -0.1) is 0 Å². The maximum Gasteiger partial charge on any atom is 0.414 e. The first-order valence-electron chi connectivity index (χ1n) is 4.52. The van der Waals surface area contributed by atoms with Crippen LogP contribution in [0.25, 0.3) is 0 Å². The fourth-order valence-electron chi connectivity index (χ4n) is 0.769. The van der Waals surface area contributed by atoms with Crippen LogP contribution in [0.1, 0.15) is 20.3 Å². The Morgan fingerprint density at radius 2 is 2.07 bits per heavy atom. The molecule has 0 aliphatic carbocycles. The molecule has 0 heterocycles. The number of carbonyl (C=O) groups excluding carboxylic acids is 1. The average Bonchev–Trinajstić information content (AvgIpc) is 2.13. The number of alkyl halides is 3. The Hall–Kier alpha value is -0.820. The summed E-state index contributed by atoms with van der Waals surface area (Å²) in [5.74, 6) is -0.854. The molecule has 0 spiro atoms. The van der Waals surface area contributed by atoms with Crippen molar-refractivity contribution >= 4 is 5.91 Å². The first-order valence-corrected chi connectivity index (χ1v) is 4.52. The third-order valence-corrected chi connectivity index (χ3v) is 1.97. The number of nitrogens with two attached hydrogens (primary N) is 1. The second-order valence-electron chi connectivity index (χ2n) is 3.28. The molecule has 0 fully saturated rings. The van der Waals surface area contributed by atoms with Gasteiger partial charge in [0.05, 0.1) is 6.04 Å². The van der Waals surface area contributed by atoms with E-state index in [4.69, 9.17) is 5.73 Å². The van der Waals surface area contributed by atoms with E-state index in [2.05, 4.69) is 4.84 Å². The van der Waals surface area contributed by atoms with Crippen molar-refractivity contribution in [3.05, 3.63) is 0 Å². The van der Waals surface area contributed by atoms with Gasteiger partial charge in [-0.2, -0.15) is 13.2 Å². The highest BCUT2D eigenvalue weighted by atomic mass is 19.4. The van der Waals surface area contributed by atoms with Gasteiger partial charge >= 0.3 is 6.18 Å². The van der Waals surface area contributed by atoms with Crippen molar-refractivity contribution < 1.29 is 22.8 Å². The van der Waals surface area contributed by atoms with Crippen LogP contribution in [0.4, 0.5) is 13.2 Å². The van der Waals surface area contributed by atoms with Gasteiger partial charge in [-0.05, 0) is 5.92 Å². The summed E-state index contributed by atoms with van der Waals surface area (Å²) in [6.45, 7) is 2.04. The quantitative estimate of drug-likeness (QED) is 0.689. The summed E-state index contributed by atoms with van der Waals surface area (Å²) in [5, 5.41) is 0. The summed E-state index contributed by atoms with van der Waals surface area (Å²) in [6.07, 6.45) is -3.80. The van der Waals surface area contributed by atoms with Crippen LogP contribution in [0.3, 0.4) is 0 Å². The van der Waals surface area contributed by atoms with Crippen LogP contribution in [-0.4, -0.2) is 24.7 Å². The molecule has 0 rings (SSSR count). The molecular weight excluding hydrogens is 213 g/mol. The molecule has 0 aliphatic rings. The summed E-state index contributed by atoms with van der Waals surface area (Å²) >= 11 is 0. The van der Waals surface area contributed by atoms with Crippen molar-refractivity contribution in [3.8, 4) is 0 Å². The normalized spacial score (nSPS) is 15.9. The van der Waals surface area contributed by atoms with Gasteiger partial charge in [0.25, 0.3) is 5.91 Å². The molecule has 1 unspecified atom stereocenters. The van der Waals surface area contributed by atoms with E-state index in [9.17, 15) is 18.0 Å². The number of hydrogen-bond acceptors (Lipinski definition) is 3. The summed E-state index contributed by atoms with van der Waals surface area (Å²) in [4.78, 5) is 15.1. The molecule has 1 amide bonds. The summed E-state index contributed by atoms with van der Waals surface area (Å²) in [7, 11) is 0. The number of halogens is 3. The molecule has 0 saturated carbocycles. The van der Waals surface area contributed by atoms with Crippen LogP contribution in [0.15, 0.2) is 0 Å². The first kappa shape index (κ1) is 14.2. The molecule has 7 heteroatoms. The standard InChI is InChI=1S/C8H15F3N2O2/c1-3-5(2)6(12)7(14)13-15-4-8(9,10)11/h5-6H,3-4,12H2,1-2H3,(H,13,14)/t5?,6-/m0/s1. The van der Waals surface area contributed by atoms with Crippen LogP contribution < -0.4 is 11.2 Å². The molecule has 0 aromatic rings. The number of carbonyl (C=O) groups is 1. The molecule has 0 aromatic carbocycles. The van der Waals surface area contributed by atoms with E-state index in [-0.39, 0.29) is 5.92 Å². The molecule has 0 bridgehead atoms. The van der Waals surface area contributed by atoms with Crippen LogP contribution in [0.2, 0.25) is 0 Å². The minimum absolute atomic E-state index is 0.112. The second kappa shape index (κ2) is 5.92. The van der Waals surface area contributed by atoms with E-state index in [1.165, 1.54) is 0 Å². The maximum absolute atomic E-state index is 11.6. The highest BCUT2D eigenvalue weighted by Gasteiger charge is 2.29. The van der Waals surface area contributed by atoms with E-state index in [0.29, 0.717) is 6.42 Å². The van der Waals surface area contributed by atoms with Crippen LogP contribution in [0, 0.1) is 5.92 Å². The largest absolute Gasteiger partial charge is 0.414 e. The Morgan fingerprint density at radius 1 is 1.53 bits per heavy atom. The molecule has 90 valence electrons. The minimum atomic E-state index is -4.46. The van der Waals surface area contributed by atoms with E-state index >= 15 is 0 Å². The zero-order valence-corrected chi connectivity index (χ0v) is 8.60. The van der Waals surface area contributed by atoms with Gasteiger partial charge < -0.3 is 5.73 Å². The third kappa shape index (κ3) is 6.29. The van der Waals surface area contributed by atoms with E-state index in [0.717, 1.165) is 0 Å². The van der Waals surface area contributed by atoms with Gasteiger partial charge in [0.2, 0.25) is 0 Å². The smallest absolute Gasteiger partial charge is 0.320 e. The Bertz CT molecular complexity index is 209. The van der Waals surface area contributed by atoms with Crippen LogP contribution >= 0.6 is 0 Å². The lowest BCUT2D eigenvalue weighted by Gasteiger charge is -2.17. The van der Waals surface area contributed by atoms with Crippen LogP contribution in [0.5, 0.6) is 0 Å². The molecular formula is C8H15F3N2O2. The number of amides is 1. The van der Waals surface area contributed by atoms with Crippen molar-refractivity contribution in [1.29, 1.82) is 0 Å². The zero-order chi connectivity index (χ0) is 12.1. The Balaban J connectivity index is 3.84. The van der Waals surface area contributed by atoms with Gasteiger partial charge in [-0.25, -0.2) is 5.48 Å². The van der Waals surface area contributed by atoms with Gasteiger partial charge in [0, 0.05) is 0 Å². The van der Waals surface area contributed by atoms with Gasteiger partial charge in [0.15, 0.2) is 6.61 Å². The summed E-state index contributed by atoms with van der Waals surface area (Å²) < 4.78 is 34.9. The lowest BCUT2D eigenvalue weighted by Crippen LogP contribution is -2.45. The second-order valence-corrected chi connectivity index (χ2v) is 3.28. The average molecular weight is 228 g/mol. The highest BCUT2D eigenvalue weighted by molar-refractivity contribution is 5.80. The summed E-state index contributed by atoms with van der Waals surface area (Å²) in [6, 6.07) is -0.858. The molecule has 0 aliphatic heterocycles. The number of hydrogen-bond donors (Lipinski definition) is 2.